The summed E-state index contributed by atoms with van der Waals surface area (Å²) in [6, 6.07) is 6.50. The van der Waals surface area contributed by atoms with Crippen molar-refractivity contribution in [3.05, 3.63) is 24.3 Å². The number of likely N-dealkylation sites (tertiary alicyclic amines) is 1. The number of anilines is 1. The van der Waals surface area contributed by atoms with Crippen LogP contribution in [-0.2, 0) is 14.8 Å². The number of nitrogens with zero attached hydrogens (tertiary/aromatic N) is 2. The first kappa shape index (κ1) is 19.3. The third-order valence-electron chi connectivity index (χ3n) is 5.32. The number of carbonyl (C=O) groups excluding carboxylic acids is 1. The highest BCUT2D eigenvalue weighted by molar-refractivity contribution is 7.89. The van der Waals surface area contributed by atoms with Crippen molar-refractivity contribution in [2.45, 2.75) is 31.1 Å². The molecular weight excluding hydrogens is 352 g/mol. The van der Waals surface area contributed by atoms with Crippen LogP contribution in [0.4, 0.5) is 5.69 Å². The molecule has 144 valence electrons. The Labute approximate surface area is 155 Å². The van der Waals surface area contributed by atoms with E-state index in [1.54, 1.807) is 24.3 Å². The molecule has 2 saturated heterocycles. The summed E-state index contributed by atoms with van der Waals surface area (Å²) in [4.78, 5) is 14.7. The van der Waals surface area contributed by atoms with Crippen molar-refractivity contribution in [1.29, 1.82) is 0 Å². The van der Waals surface area contributed by atoms with Crippen LogP contribution >= 0.6 is 0 Å². The molecule has 0 aliphatic carbocycles. The molecule has 26 heavy (non-hydrogen) atoms. The predicted molar refractivity (Wildman–Crippen MR) is 101 cm³/mol. The van der Waals surface area contributed by atoms with Crippen LogP contribution in [0.3, 0.4) is 0 Å². The SMILES string of the molecule is CC1(CN)CCN(CC(=O)Nc2cccc(S(=O)(=O)N3CCCC3)c2)C1. The zero-order valence-corrected chi connectivity index (χ0v) is 16.1. The molecule has 1 aromatic carbocycles. The van der Waals surface area contributed by atoms with Crippen molar-refractivity contribution in [3.63, 3.8) is 0 Å². The molecule has 2 fully saturated rings. The number of benzene rings is 1. The molecule has 1 atom stereocenters. The van der Waals surface area contributed by atoms with Crippen LogP contribution < -0.4 is 11.1 Å². The first-order valence-electron chi connectivity index (χ1n) is 9.15. The van der Waals surface area contributed by atoms with Gasteiger partial charge in [-0.25, -0.2) is 8.42 Å². The molecular formula is C18H28N4O3S. The van der Waals surface area contributed by atoms with Crippen LogP contribution in [-0.4, -0.2) is 62.8 Å². The number of carbonyl (C=O) groups is 1. The van der Waals surface area contributed by atoms with Gasteiger partial charge in [-0.3, -0.25) is 9.69 Å². The van der Waals surface area contributed by atoms with Gasteiger partial charge in [-0.15, -0.1) is 0 Å². The molecule has 0 aromatic heterocycles. The summed E-state index contributed by atoms with van der Waals surface area (Å²) in [6.45, 7) is 5.82. The lowest BCUT2D eigenvalue weighted by Gasteiger charge is -2.22. The van der Waals surface area contributed by atoms with E-state index in [0.717, 1.165) is 32.4 Å². The van der Waals surface area contributed by atoms with Gasteiger partial charge in [-0.1, -0.05) is 13.0 Å². The third kappa shape index (κ3) is 4.25. The van der Waals surface area contributed by atoms with Crippen LogP contribution in [0.2, 0.25) is 0 Å². The van der Waals surface area contributed by atoms with Gasteiger partial charge in [0.15, 0.2) is 0 Å². The maximum atomic E-state index is 12.6. The molecule has 0 spiro atoms. The molecule has 7 nitrogen and oxygen atoms in total. The molecule has 2 heterocycles. The normalized spacial score (nSPS) is 24.8. The van der Waals surface area contributed by atoms with Gasteiger partial charge in [0.1, 0.15) is 0 Å². The minimum Gasteiger partial charge on any atom is -0.330 e. The van der Waals surface area contributed by atoms with Crippen LogP contribution in [0.1, 0.15) is 26.2 Å². The second-order valence-corrected chi connectivity index (χ2v) is 9.60. The second kappa shape index (κ2) is 7.64. The summed E-state index contributed by atoms with van der Waals surface area (Å²) < 4.78 is 26.8. The monoisotopic (exact) mass is 380 g/mol. The molecule has 0 saturated carbocycles. The van der Waals surface area contributed by atoms with E-state index in [4.69, 9.17) is 5.73 Å². The number of hydrogen-bond acceptors (Lipinski definition) is 5. The van der Waals surface area contributed by atoms with Gasteiger partial charge < -0.3 is 11.1 Å². The maximum absolute atomic E-state index is 12.6. The fraction of sp³-hybridized carbons (Fsp3) is 0.611. The Morgan fingerprint density at radius 2 is 2.00 bits per heavy atom. The zero-order chi connectivity index (χ0) is 18.8. The van der Waals surface area contributed by atoms with Crippen molar-refractivity contribution in [2.24, 2.45) is 11.1 Å². The van der Waals surface area contributed by atoms with E-state index in [2.05, 4.69) is 17.1 Å². The zero-order valence-electron chi connectivity index (χ0n) is 15.3. The number of nitrogens with one attached hydrogen (secondary N) is 1. The highest BCUT2D eigenvalue weighted by Gasteiger charge is 2.33. The maximum Gasteiger partial charge on any atom is 0.243 e. The Morgan fingerprint density at radius 3 is 2.65 bits per heavy atom. The van der Waals surface area contributed by atoms with E-state index in [1.807, 2.05) is 0 Å². The fourth-order valence-corrected chi connectivity index (χ4v) is 5.21. The van der Waals surface area contributed by atoms with Gasteiger partial charge in [0.05, 0.1) is 11.4 Å². The van der Waals surface area contributed by atoms with Gasteiger partial charge in [0.2, 0.25) is 15.9 Å². The van der Waals surface area contributed by atoms with Crippen molar-refractivity contribution >= 4 is 21.6 Å². The average molecular weight is 381 g/mol. The van der Waals surface area contributed by atoms with Gasteiger partial charge >= 0.3 is 0 Å². The average Bonchev–Trinajstić information content (AvgIpc) is 3.26. The first-order valence-corrected chi connectivity index (χ1v) is 10.6. The van der Waals surface area contributed by atoms with Crippen molar-refractivity contribution < 1.29 is 13.2 Å². The van der Waals surface area contributed by atoms with E-state index >= 15 is 0 Å². The minimum absolute atomic E-state index is 0.0734. The molecule has 1 aromatic rings. The van der Waals surface area contributed by atoms with Crippen molar-refractivity contribution in [1.82, 2.24) is 9.21 Å². The summed E-state index contributed by atoms with van der Waals surface area (Å²) in [5, 5.41) is 2.82. The molecule has 1 amide bonds. The lowest BCUT2D eigenvalue weighted by molar-refractivity contribution is -0.117. The van der Waals surface area contributed by atoms with Crippen LogP contribution in [0.25, 0.3) is 0 Å². The summed E-state index contributed by atoms with van der Waals surface area (Å²) in [7, 11) is -3.48. The highest BCUT2D eigenvalue weighted by atomic mass is 32.2. The van der Waals surface area contributed by atoms with E-state index in [-0.39, 0.29) is 16.2 Å². The van der Waals surface area contributed by atoms with Gasteiger partial charge in [0.25, 0.3) is 0 Å². The van der Waals surface area contributed by atoms with Crippen molar-refractivity contribution in [2.75, 3.05) is 44.6 Å². The van der Waals surface area contributed by atoms with E-state index < -0.39 is 10.0 Å². The topological polar surface area (TPSA) is 95.7 Å². The molecule has 1 unspecified atom stereocenters. The number of nitrogens with two attached hydrogens (primary N) is 1. The quantitative estimate of drug-likeness (QED) is 0.770. The third-order valence-corrected chi connectivity index (χ3v) is 7.21. The van der Waals surface area contributed by atoms with Crippen LogP contribution in [0.15, 0.2) is 29.2 Å². The molecule has 3 N–H and O–H groups in total. The van der Waals surface area contributed by atoms with E-state index in [9.17, 15) is 13.2 Å². The summed E-state index contributed by atoms with van der Waals surface area (Å²) >= 11 is 0. The van der Waals surface area contributed by atoms with Crippen molar-refractivity contribution in [3.8, 4) is 0 Å². The molecule has 8 heteroatoms. The van der Waals surface area contributed by atoms with Gasteiger partial charge in [-0.05, 0) is 56.0 Å². The Kier molecular flexibility index (Phi) is 5.67. The molecule has 0 radical (unpaired) electrons. The molecule has 2 aliphatic heterocycles. The fourth-order valence-electron chi connectivity index (χ4n) is 3.64. The Bertz CT molecular complexity index is 761. The van der Waals surface area contributed by atoms with E-state index in [0.29, 0.717) is 31.9 Å². The highest BCUT2D eigenvalue weighted by Crippen LogP contribution is 2.28. The predicted octanol–water partition coefficient (Wildman–Crippen LogP) is 1.08. The van der Waals surface area contributed by atoms with Gasteiger partial charge in [-0.2, -0.15) is 4.31 Å². The second-order valence-electron chi connectivity index (χ2n) is 7.66. The van der Waals surface area contributed by atoms with E-state index in [1.165, 1.54) is 4.31 Å². The van der Waals surface area contributed by atoms with Crippen LogP contribution in [0.5, 0.6) is 0 Å². The Morgan fingerprint density at radius 1 is 1.27 bits per heavy atom. The standard InChI is InChI=1S/C18H28N4O3S/c1-18(13-19)7-10-21(14-18)12-17(23)20-15-5-4-6-16(11-15)26(24,25)22-8-2-3-9-22/h4-6,11H,2-3,7-10,12-14,19H2,1H3,(H,20,23). The number of amides is 1. The molecule has 0 bridgehead atoms. The number of sulfonamides is 1. The van der Waals surface area contributed by atoms with Crippen LogP contribution in [0, 0.1) is 5.41 Å². The van der Waals surface area contributed by atoms with Gasteiger partial charge in [0, 0.05) is 25.3 Å². The Hall–Kier alpha value is -1.48. The largest absolute Gasteiger partial charge is 0.330 e. The lowest BCUT2D eigenvalue weighted by Crippen LogP contribution is -2.35. The summed E-state index contributed by atoms with van der Waals surface area (Å²) in [5.74, 6) is -0.137. The Balaban J connectivity index is 1.63. The first-order chi connectivity index (χ1) is 12.3. The molecule has 2 aliphatic rings. The molecule has 3 rings (SSSR count). The smallest absolute Gasteiger partial charge is 0.243 e. The summed E-state index contributed by atoms with van der Waals surface area (Å²) in [6.07, 6.45) is 2.78. The number of hydrogen-bond donors (Lipinski definition) is 2. The lowest BCUT2D eigenvalue weighted by atomic mass is 9.90. The summed E-state index contributed by atoms with van der Waals surface area (Å²) in [5.41, 5.74) is 6.39. The number of rotatable bonds is 6. The minimum atomic E-state index is -3.48.